The second kappa shape index (κ2) is 12.4. The van der Waals surface area contributed by atoms with Crippen LogP contribution < -0.4 is 4.74 Å². The van der Waals surface area contributed by atoms with Crippen molar-refractivity contribution >= 4 is 0 Å². The Morgan fingerprint density at radius 2 is 1.57 bits per heavy atom. The molecule has 0 saturated carbocycles. The highest BCUT2D eigenvalue weighted by atomic mass is 16.5. The molecule has 4 aromatic rings. The van der Waals surface area contributed by atoms with Crippen molar-refractivity contribution in [2.75, 3.05) is 32.8 Å². The molecule has 1 aromatic heterocycles. The number of benzene rings is 3. The predicted molar refractivity (Wildman–Crippen MR) is 156 cm³/mol. The minimum atomic E-state index is -0.547. The molecule has 2 atom stereocenters. The lowest BCUT2D eigenvalue weighted by Crippen LogP contribution is -2.38. The van der Waals surface area contributed by atoms with Crippen LogP contribution in [0.1, 0.15) is 41.3 Å². The fourth-order valence-corrected chi connectivity index (χ4v) is 5.84. The highest BCUT2D eigenvalue weighted by Crippen LogP contribution is 2.25. The highest BCUT2D eigenvalue weighted by molar-refractivity contribution is 5.60. The van der Waals surface area contributed by atoms with Crippen LogP contribution in [0, 0.1) is 0 Å². The lowest BCUT2D eigenvalue weighted by molar-refractivity contribution is 0.0190. The number of likely N-dealkylation sites (tertiary alicyclic amines) is 1. The van der Waals surface area contributed by atoms with Gasteiger partial charge in [0.25, 0.3) is 0 Å². The number of β-amino-alcohol motifs (C(OH)–C–C–N with tert-alkyl or cyclic N) is 1. The van der Waals surface area contributed by atoms with Gasteiger partial charge in [-0.1, -0.05) is 48.5 Å². The molecule has 0 radical (unpaired) electrons. The molecule has 208 valence electrons. The van der Waals surface area contributed by atoms with E-state index < -0.39 is 12.3 Å². The minimum Gasteiger partial charge on any atom is -0.491 e. The molecule has 0 amide bonds. The first-order valence-electron chi connectivity index (χ1n) is 14.4. The number of hydrogen-bond donors (Lipinski definition) is 2. The number of aromatic nitrogens is 2. The summed E-state index contributed by atoms with van der Waals surface area (Å²) >= 11 is 0. The van der Waals surface area contributed by atoms with E-state index in [0.717, 1.165) is 73.6 Å². The maximum atomic E-state index is 10.6. The van der Waals surface area contributed by atoms with E-state index in [1.165, 1.54) is 11.1 Å². The Labute approximate surface area is 236 Å². The van der Waals surface area contributed by atoms with Gasteiger partial charge in [0.1, 0.15) is 24.7 Å². The standard InChI is InChI=1S/C33H38N4O3/c38-30(23-35-20-16-26-5-1-2-6-29(26)22-35)24-40-31-13-11-27(12-14-31)32-15-17-34-37(32)21-25-7-9-28(10-8-25)33(39)36-18-3-4-19-36/h1-2,5-15,17,30,33,38-39H,3-4,16,18-24H2. The van der Waals surface area contributed by atoms with Gasteiger partial charge in [-0.3, -0.25) is 14.5 Å². The monoisotopic (exact) mass is 538 g/mol. The Morgan fingerprint density at radius 3 is 2.35 bits per heavy atom. The topological polar surface area (TPSA) is 74.0 Å². The molecule has 0 bridgehead atoms. The van der Waals surface area contributed by atoms with Crippen LogP contribution in [-0.2, 0) is 19.5 Å². The Morgan fingerprint density at radius 1 is 0.825 bits per heavy atom. The molecule has 2 N–H and O–H groups in total. The molecule has 1 saturated heterocycles. The van der Waals surface area contributed by atoms with Gasteiger partial charge in [0.2, 0.25) is 0 Å². The van der Waals surface area contributed by atoms with Gasteiger partial charge in [-0.05, 0) is 71.8 Å². The van der Waals surface area contributed by atoms with E-state index >= 15 is 0 Å². The van der Waals surface area contributed by atoms with Gasteiger partial charge >= 0.3 is 0 Å². The molecule has 1 fully saturated rings. The molecule has 7 heteroatoms. The Balaban J connectivity index is 1.01. The van der Waals surface area contributed by atoms with Crippen molar-refractivity contribution < 1.29 is 14.9 Å². The molecule has 2 aliphatic heterocycles. The normalized spacial score (nSPS) is 17.4. The Hall–Kier alpha value is -3.49. The van der Waals surface area contributed by atoms with E-state index in [4.69, 9.17) is 4.74 Å². The highest BCUT2D eigenvalue weighted by Gasteiger charge is 2.21. The Kier molecular flexibility index (Phi) is 8.25. The average molecular weight is 539 g/mol. The largest absolute Gasteiger partial charge is 0.491 e. The minimum absolute atomic E-state index is 0.262. The van der Waals surface area contributed by atoms with Gasteiger partial charge in [-0.2, -0.15) is 5.10 Å². The van der Waals surface area contributed by atoms with Crippen molar-refractivity contribution in [2.24, 2.45) is 0 Å². The smallest absolute Gasteiger partial charge is 0.133 e. The summed E-state index contributed by atoms with van der Waals surface area (Å²) in [6, 6.07) is 26.7. The first-order chi connectivity index (χ1) is 19.6. The van der Waals surface area contributed by atoms with E-state index in [-0.39, 0.29) is 6.61 Å². The molecular formula is C33H38N4O3. The van der Waals surface area contributed by atoms with Crippen LogP contribution in [-0.4, -0.2) is 68.7 Å². The molecule has 7 nitrogen and oxygen atoms in total. The summed E-state index contributed by atoms with van der Waals surface area (Å²) in [6.45, 7) is 5.26. The van der Waals surface area contributed by atoms with Crippen molar-refractivity contribution in [3.63, 3.8) is 0 Å². The Bertz CT molecular complexity index is 1380. The van der Waals surface area contributed by atoms with Crippen molar-refractivity contribution in [3.05, 3.63) is 107 Å². The second-order valence-electron chi connectivity index (χ2n) is 11.0. The zero-order chi connectivity index (χ0) is 27.3. The van der Waals surface area contributed by atoms with Crippen molar-refractivity contribution in [1.82, 2.24) is 19.6 Å². The number of nitrogens with zero attached hydrogens (tertiary/aromatic N) is 4. The lowest BCUT2D eigenvalue weighted by Gasteiger charge is -2.30. The van der Waals surface area contributed by atoms with Gasteiger partial charge < -0.3 is 14.9 Å². The third-order valence-corrected chi connectivity index (χ3v) is 8.08. The summed E-state index contributed by atoms with van der Waals surface area (Å²) in [6.07, 6.45) is 4.08. The van der Waals surface area contributed by atoms with E-state index in [1.807, 2.05) is 53.3 Å². The molecular weight excluding hydrogens is 500 g/mol. The van der Waals surface area contributed by atoms with E-state index in [2.05, 4.69) is 51.3 Å². The van der Waals surface area contributed by atoms with Crippen LogP contribution in [0.4, 0.5) is 0 Å². The average Bonchev–Trinajstić information content (AvgIpc) is 3.69. The van der Waals surface area contributed by atoms with E-state index in [0.29, 0.717) is 13.1 Å². The number of fused-ring (bicyclic) bond motifs is 1. The molecule has 6 rings (SSSR count). The van der Waals surface area contributed by atoms with Crippen LogP contribution in [0.2, 0.25) is 0 Å². The van der Waals surface area contributed by atoms with Gasteiger partial charge in [-0.25, -0.2) is 0 Å². The zero-order valence-corrected chi connectivity index (χ0v) is 22.9. The molecule has 40 heavy (non-hydrogen) atoms. The summed E-state index contributed by atoms with van der Waals surface area (Å²) in [5, 5.41) is 25.8. The van der Waals surface area contributed by atoms with Crippen LogP contribution in [0.3, 0.4) is 0 Å². The molecule has 2 aliphatic rings. The van der Waals surface area contributed by atoms with Gasteiger partial charge in [-0.15, -0.1) is 0 Å². The summed E-state index contributed by atoms with van der Waals surface area (Å²) < 4.78 is 7.91. The number of aliphatic hydroxyl groups is 2. The van der Waals surface area contributed by atoms with Gasteiger partial charge in [0.05, 0.1) is 12.2 Å². The van der Waals surface area contributed by atoms with E-state index in [9.17, 15) is 10.2 Å². The summed E-state index contributed by atoms with van der Waals surface area (Å²) in [5.41, 5.74) is 6.92. The van der Waals surface area contributed by atoms with Crippen molar-refractivity contribution in [3.8, 4) is 17.0 Å². The third-order valence-electron chi connectivity index (χ3n) is 8.08. The van der Waals surface area contributed by atoms with Crippen LogP contribution in [0.25, 0.3) is 11.3 Å². The summed E-state index contributed by atoms with van der Waals surface area (Å²) in [4.78, 5) is 4.42. The fourth-order valence-electron chi connectivity index (χ4n) is 5.84. The first-order valence-corrected chi connectivity index (χ1v) is 14.4. The van der Waals surface area contributed by atoms with E-state index in [1.54, 1.807) is 0 Å². The first kappa shape index (κ1) is 26.7. The number of rotatable bonds is 10. The predicted octanol–water partition coefficient (Wildman–Crippen LogP) is 4.48. The fraction of sp³-hybridized carbons (Fsp3) is 0.364. The maximum Gasteiger partial charge on any atom is 0.133 e. The van der Waals surface area contributed by atoms with Gasteiger partial charge in [0.15, 0.2) is 0 Å². The lowest BCUT2D eigenvalue weighted by atomic mass is 10.00. The molecule has 3 aromatic carbocycles. The quantitative estimate of drug-likeness (QED) is 0.310. The molecule has 0 spiro atoms. The summed E-state index contributed by atoms with van der Waals surface area (Å²) in [5.74, 6) is 0.741. The molecule has 3 heterocycles. The van der Waals surface area contributed by atoms with Gasteiger partial charge in [0, 0.05) is 44.5 Å². The number of ether oxygens (including phenoxy) is 1. The second-order valence-corrected chi connectivity index (χ2v) is 11.0. The SMILES string of the molecule is OC(COc1ccc(-c2ccnn2Cc2ccc(C(O)N3CCCC3)cc2)cc1)CN1CCc2ccccc2C1. The number of hydrogen-bond acceptors (Lipinski definition) is 6. The van der Waals surface area contributed by atoms with Crippen molar-refractivity contribution in [1.29, 1.82) is 0 Å². The number of aliphatic hydroxyl groups excluding tert-OH is 2. The maximum absolute atomic E-state index is 10.6. The summed E-state index contributed by atoms with van der Waals surface area (Å²) in [7, 11) is 0. The molecule has 0 aliphatic carbocycles. The zero-order valence-electron chi connectivity index (χ0n) is 22.9. The third kappa shape index (κ3) is 6.29. The van der Waals surface area contributed by atoms with Crippen molar-refractivity contribution in [2.45, 2.75) is 44.7 Å². The van der Waals surface area contributed by atoms with Crippen LogP contribution in [0.5, 0.6) is 5.75 Å². The van der Waals surface area contributed by atoms with Crippen LogP contribution >= 0.6 is 0 Å². The van der Waals surface area contributed by atoms with Crippen LogP contribution in [0.15, 0.2) is 85.1 Å². The molecule has 2 unspecified atom stereocenters.